The van der Waals surface area contributed by atoms with Crippen LogP contribution in [0.4, 0.5) is 13.2 Å². The van der Waals surface area contributed by atoms with Crippen LogP contribution in [0.15, 0.2) is 24.8 Å². The second kappa shape index (κ2) is 6.90. The highest BCUT2D eigenvalue weighted by molar-refractivity contribution is 5.23. The van der Waals surface area contributed by atoms with E-state index in [2.05, 4.69) is 16.8 Å². The van der Waals surface area contributed by atoms with E-state index in [4.69, 9.17) is 0 Å². The molecule has 2 rings (SSSR count). The van der Waals surface area contributed by atoms with E-state index in [1.165, 1.54) is 0 Å². The third-order valence-electron chi connectivity index (χ3n) is 3.63. The average molecular weight is 284 g/mol. The van der Waals surface area contributed by atoms with E-state index in [0.29, 0.717) is 12.0 Å². The lowest BCUT2D eigenvalue weighted by molar-refractivity contribution is 0.165. The second-order valence-electron chi connectivity index (χ2n) is 4.97. The molecule has 1 heterocycles. The van der Waals surface area contributed by atoms with Gasteiger partial charge in [0, 0.05) is 32.2 Å². The molecule has 0 radical (unpaired) electrons. The molecule has 0 aromatic heterocycles. The van der Waals surface area contributed by atoms with Crippen LogP contribution in [0.3, 0.4) is 0 Å². The van der Waals surface area contributed by atoms with Crippen molar-refractivity contribution in [3.8, 4) is 0 Å². The summed E-state index contributed by atoms with van der Waals surface area (Å²) in [7, 11) is 0. The van der Waals surface area contributed by atoms with Gasteiger partial charge < -0.3 is 5.32 Å². The number of piperazine rings is 1. The van der Waals surface area contributed by atoms with Crippen LogP contribution in [0.5, 0.6) is 0 Å². The van der Waals surface area contributed by atoms with Gasteiger partial charge in [-0.15, -0.1) is 6.58 Å². The summed E-state index contributed by atoms with van der Waals surface area (Å²) in [5.74, 6) is -3.66. The minimum absolute atomic E-state index is 0.111. The van der Waals surface area contributed by atoms with Crippen molar-refractivity contribution in [1.82, 2.24) is 10.2 Å². The maximum absolute atomic E-state index is 13.4. The van der Waals surface area contributed by atoms with Crippen LogP contribution in [-0.4, -0.2) is 31.1 Å². The molecular formula is C15H19F3N2. The highest BCUT2D eigenvalue weighted by Gasteiger charge is 2.24. The molecule has 2 nitrogen and oxygen atoms in total. The molecule has 1 aliphatic heterocycles. The zero-order chi connectivity index (χ0) is 14.5. The maximum Gasteiger partial charge on any atom is 0.194 e. The number of halogens is 3. The van der Waals surface area contributed by atoms with Crippen molar-refractivity contribution in [2.24, 2.45) is 0 Å². The summed E-state index contributed by atoms with van der Waals surface area (Å²) in [5, 5.41) is 3.24. The molecular weight excluding hydrogens is 265 g/mol. The summed E-state index contributed by atoms with van der Waals surface area (Å²) in [6, 6.07) is 2.10. The van der Waals surface area contributed by atoms with Gasteiger partial charge in [-0.25, -0.2) is 13.2 Å². The molecule has 110 valence electrons. The Morgan fingerprint density at radius 1 is 1.20 bits per heavy atom. The number of nitrogens with one attached hydrogen (secondary N) is 1. The molecule has 0 bridgehead atoms. The van der Waals surface area contributed by atoms with Gasteiger partial charge in [0.15, 0.2) is 17.5 Å². The Labute approximate surface area is 117 Å². The van der Waals surface area contributed by atoms with Crippen LogP contribution in [-0.2, 0) is 0 Å². The Morgan fingerprint density at radius 3 is 2.35 bits per heavy atom. The number of hydrogen-bond acceptors (Lipinski definition) is 2. The second-order valence-corrected chi connectivity index (χ2v) is 4.97. The van der Waals surface area contributed by atoms with Crippen LogP contribution >= 0.6 is 0 Å². The van der Waals surface area contributed by atoms with Gasteiger partial charge in [-0.3, -0.25) is 4.90 Å². The molecule has 5 heteroatoms. The third-order valence-corrected chi connectivity index (χ3v) is 3.63. The minimum Gasteiger partial charge on any atom is -0.314 e. The molecule has 1 saturated heterocycles. The van der Waals surface area contributed by atoms with Crippen molar-refractivity contribution < 1.29 is 13.2 Å². The van der Waals surface area contributed by atoms with Crippen molar-refractivity contribution in [3.05, 3.63) is 47.8 Å². The Hall–Kier alpha value is -1.33. The summed E-state index contributed by atoms with van der Waals surface area (Å²) < 4.78 is 39.9. The minimum atomic E-state index is -1.41. The Kier molecular flexibility index (Phi) is 5.20. The monoisotopic (exact) mass is 284 g/mol. The molecule has 0 unspecified atom stereocenters. The fourth-order valence-electron chi connectivity index (χ4n) is 2.60. The van der Waals surface area contributed by atoms with E-state index < -0.39 is 17.5 Å². The molecule has 1 aromatic carbocycles. The summed E-state index contributed by atoms with van der Waals surface area (Å²) in [6.07, 6.45) is 3.24. The number of allylic oxidation sites excluding steroid dienone is 1. The molecule has 20 heavy (non-hydrogen) atoms. The Morgan fingerprint density at radius 2 is 1.80 bits per heavy atom. The van der Waals surface area contributed by atoms with Gasteiger partial charge in [-0.2, -0.15) is 0 Å². The zero-order valence-electron chi connectivity index (χ0n) is 11.3. The van der Waals surface area contributed by atoms with Crippen LogP contribution in [0.2, 0.25) is 0 Å². The van der Waals surface area contributed by atoms with Gasteiger partial charge in [-0.1, -0.05) is 6.08 Å². The van der Waals surface area contributed by atoms with E-state index in [1.807, 2.05) is 0 Å². The smallest absolute Gasteiger partial charge is 0.194 e. The highest BCUT2D eigenvalue weighted by atomic mass is 19.2. The number of benzene rings is 1. The molecule has 0 amide bonds. The predicted octanol–water partition coefficient (Wildman–Crippen LogP) is 3.02. The number of rotatable bonds is 5. The lowest BCUT2D eigenvalue weighted by Gasteiger charge is -2.35. The van der Waals surface area contributed by atoms with Crippen LogP contribution in [0, 0.1) is 17.5 Å². The Balaban J connectivity index is 2.27. The number of nitrogens with zero attached hydrogens (tertiary/aromatic N) is 1. The van der Waals surface area contributed by atoms with Crippen molar-refractivity contribution >= 4 is 0 Å². The maximum atomic E-state index is 13.4. The lowest BCUT2D eigenvalue weighted by Crippen LogP contribution is -2.45. The third kappa shape index (κ3) is 3.41. The lowest BCUT2D eigenvalue weighted by atomic mass is 9.99. The first-order chi connectivity index (χ1) is 9.63. The average Bonchev–Trinajstić information content (AvgIpc) is 2.46. The van der Waals surface area contributed by atoms with Crippen molar-refractivity contribution in [2.75, 3.05) is 26.2 Å². The van der Waals surface area contributed by atoms with E-state index in [-0.39, 0.29) is 6.04 Å². The van der Waals surface area contributed by atoms with Gasteiger partial charge in [0.05, 0.1) is 0 Å². The standard InChI is InChI=1S/C15H19F3N2/c1-2-3-4-14(20-7-5-19-6-8-20)11-9-12(16)15(18)13(17)10-11/h2,9-10,14,19H,1,3-8H2/t14-/m0/s1. The quantitative estimate of drug-likeness (QED) is 0.660. The molecule has 0 saturated carbocycles. The fraction of sp³-hybridized carbons (Fsp3) is 0.467. The van der Waals surface area contributed by atoms with E-state index in [9.17, 15) is 13.2 Å². The largest absolute Gasteiger partial charge is 0.314 e. The Bertz CT molecular complexity index is 447. The van der Waals surface area contributed by atoms with Crippen LogP contribution in [0.25, 0.3) is 0 Å². The van der Waals surface area contributed by atoms with Gasteiger partial charge >= 0.3 is 0 Å². The van der Waals surface area contributed by atoms with Crippen molar-refractivity contribution in [1.29, 1.82) is 0 Å². The number of hydrogen-bond donors (Lipinski definition) is 1. The predicted molar refractivity (Wildman–Crippen MR) is 72.9 cm³/mol. The van der Waals surface area contributed by atoms with Crippen molar-refractivity contribution in [3.63, 3.8) is 0 Å². The molecule has 1 N–H and O–H groups in total. The van der Waals surface area contributed by atoms with Crippen LogP contribution in [0.1, 0.15) is 24.4 Å². The molecule has 1 aromatic rings. The molecule has 1 atom stereocenters. The SMILES string of the molecule is C=CCC[C@@H](c1cc(F)c(F)c(F)c1)N1CCNCC1. The van der Waals surface area contributed by atoms with Crippen LogP contribution < -0.4 is 5.32 Å². The topological polar surface area (TPSA) is 15.3 Å². The van der Waals surface area contributed by atoms with E-state index in [0.717, 1.165) is 44.7 Å². The first kappa shape index (κ1) is 15.1. The van der Waals surface area contributed by atoms with Gasteiger partial charge in [-0.05, 0) is 30.5 Å². The van der Waals surface area contributed by atoms with Gasteiger partial charge in [0.2, 0.25) is 0 Å². The summed E-state index contributed by atoms with van der Waals surface area (Å²) in [5.41, 5.74) is 0.491. The molecule has 0 aliphatic carbocycles. The van der Waals surface area contributed by atoms with Gasteiger partial charge in [0.25, 0.3) is 0 Å². The summed E-state index contributed by atoms with van der Waals surface area (Å²) in [4.78, 5) is 2.17. The molecule has 1 fully saturated rings. The first-order valence-corrected chi connectivity index (χ1v) is 6.83. The summed E-state index contributed by atoms with van der Waals surface area (Å²) in [6.45, 7) is 6.99. The van der Waals surface area contributed by atoms with E-state index >= 15 is 0 Å². The van der Waals surface area contributed by atoms with Crippen molar-refractivity contribution in [2.45, 2.75) is 18.9 Å². The first-order valence-electron chi connectivity index (χ1n) is 6.83. The van der Waals surface area contributed by atoms with E-state index in [1.54, 1.807) is 6.08 Å². The van der Waals surface area contributed by atoms with Gasteiger partial charge in [0.1, 0.15) is 0 Å². The zero-order valence-corrected chi connectivity index (χ0v) is 11.3. The molecule has 0 spiro atoms. The normalized spacial score (nSPS) is 17.9. The molecule has 1 aliphatic rings. The fourth-order valence-corrected chi connectivity index (χ4v) is 2.60. The summed E-state index contributed by atoms with van der Waals surface area (Å²) >= 11 is 0. The highest BCUT2D eigenvalue weighted by Crippen LogP contribution is 2.28.